The Morgan fingerprint density at radius 3 is 2.81 bits per heavy atom. The van der Waals surface area contributed by atoms with Crippen LogP contribution in [0.15, 0.2) is 29.2 Å². The van der Waals surface area contributed by atoms with Crippen LogP contribution in [-0.2, 0) is 14.8 Å². The molecule has 0 amide bonds. The van der Waals surface area contributed by atoms with Crippen molar-refractivity contribution in [3.05, 3.63) is 29.3 Å². The molecule has 3 rings (SSSR count). The fourth-order valence-corrected chi connectivity index (χ4v) is 4.99. The van der Waals surface area contributed by atoms with E-state index in [0.29, 0.717) is 13.1 Å². The van der Waals surface area contributed by atoms with Crippen molar-refractivity contribution in [3.8, 4) is 0 Å². The Morgan fingerprint density at radius 1 is 1.29 bits per heavy atom. The maximum atomic E-state index is 12.8. The van der Waals surface area contributed by atoms with Crippen molar-refractivity contribution in [2.75, 3.05) is 33.3 Å². The number of nitrogens with zero attached hydrogens (tertiary/aromatic N) is 2. The Morgan fingerprint density at radius 2 is 2.05 bits per heavy atom. The van der Waals surface area contributed by atoms with E-state index in [4.69, 9.17) is 16.3 Å². The van der Waals surface area contributed by atoms with Crippen LogP contribution in [0.3, 0.4) is 0 Å². The summed E-state index contributed by atoms with van der Waals surface area (Å²) >= 11 is 6.05. The molecule has 2 aliphatic heterocycles. The van der Waals surface area contributed by atoms with Crippen LogP contribution in [-0.4, -0.2) is 63.1 Å². The summed E-state index contributed by atoms with van der Waals surface area (Å²) in [4.78, 5) is 2.37. The number of benzene rings is 1. The number of morpholine rings is 1. The summed E-state index contributed by atoms with van der Waals surface area (Å²) in [6, 6.07) is 6.71. The maximum Gasteiger partial charge on any atom is 0.244 e. The second kappa shape index (κ2) is 5.85. The highest BCUT2D eigenvalue weighted by atomic mass is 35.5. The predicted octanol–water partition coefficient (Wildman–Crippen LogP) is 1.43. The molecule has 0 aliphatic carbocycles. The van der Waals surface area contributed by atoms with Crippen molar-refractivity contribution in [1.82, 2.24) is 9.21 Å². The highest BCUT2D eigenvalue weighted by Crippen LogP contribution is 2.29. The number of hydrogen-bond donors (Lipinski definition) is 0. The van der Waals surface area contributed by atoms with Gasteiger partial charge in [0.25, 0.3) is 0 Å². The standard InChI is InChI=1S/C14H19ClN2O3S/c1-16-8-9-20-13-6-7-17(10-12(13)16)21(18,19)14-5-3-2-4-11(14)15/h2-5,12-13H,6-10H2,1H3. The molecule has 0 radical (unpaired) electrons. The number of hydrogen-bond acceptors (Lipinski definition) is 4. The molecule has 21 heavy (non-hydrogen) atoms. The van der Waals surface area contributed by atoms with Gasteiger partial charge in [0.05, 0.1) is 17.7 Å². The fourth-order valence-electron chi connectivity index (χ4n) is 3.02. The van der Waals surface area contributed by atoms with Crippen molar-refractivity contribution >= 4 is 21.6 Å². The lowest BCUT2D eigenvalue weighted by atomic mass is 10.0. The van der Waals surface area contributed by atoms with Gasteiger partial charge in [-0.2, -0.15) is 4.31 Å². The summed E-state index contributed by atoms with van der Waals surface area (Å²) in [7, 11) is -1.53. The first kappa shape index (κ1) is 15.2. The lowest BCUT2D eigenvalue weighted by Crippen LogP contribution is -2.59. The summed E-state index contributed by atoms with van der Waals surface area (Å²) < 4.78 is 32.8. The quantitative estimate of drug-likeness (QED) is 0.823. The molecule has 0 aromatic heterocycles. The van der Waals surface area contributed by atoms with Crippen molar-refractivity contribution in [2.45, 2.75) is 23.5 Å². The highest BCUT2D eigenvalue weighted by Gasteiger charge is 2.40. The van der Waals surface area contributed by atoms with Gasteiger partial charge in [0, 0.05) is 25.7 Å². The molecule has 2 aliphatic rings. The molecule has 7 heteroatoms. The molecule has 2 atom stereocenters. The molecule has 2 heterocycles. The minimum absolute atomic E-state index is 0.116. The fraction of sp³-hybridized carbons (Fsp3) is 0.571. The number of halogens is 1. The average molecular weight is 331 g/mol. The number of rotatable bonds is 2. The lowest BCUT2D eigenvalue weighted by molar-refractivity contribution is -0.0840. The van der Waals surface area contributed by atoms with Gasteiger partial charge in [0.2, 0.25) is 10.0 Å². The molecule has 0 spiro atoms. The Bertz CT molecular complexity index is 622. The molecule has 1 aromatic rings. The van der Waals surface area contributed by atoms with Gasteiger partial charge in [-0.1, -0.05) is 23.7 Å². The number of ether oxygens (including phenoxy) is 1. The molecular weight excluding hydrogens is 312 g/mol. The van der Waals surface area contributed by atoms with Crippen LogP contribution in [0.1, 0.15) is 6.42 Å². The molecule has 116 valence electrons. The van der Waals surface area contributed by atoms with Crippen molar-refractivity contribution in [3.63, 3.8) is 0 Å². The van der Waals surface area contributed by atoms with Gasteiger partial charge >= 0.3 is 0 Å². The molecule has 0 saturated carbocycles. The largest absolute Gasteiger partial charge is 0.375 e. The average Bonchev–Trinajstić information content (AvgIpc) is 2.47. The summed E-state index contributed by atoms with van der Waals surface area (Å²) in [5.74, 6) is 0. The van der Waals surface area contributed by atoms with Gasteiger partial charge in [-0.15, -0.1) is 0 Å². The molecule has 0 bridgehead atoms. The molecule has 2 saturated heterocycles. The van der Waals surface area contributed by atoms with E-state index in [1.165, 1.54) is 4.31 Å². The second-order valence-electron chi connectivity index (χ2n) is 5.54. The van der Waals surface area contributed by atoms with E-state index in [1.54, 1.807) is 24.3 Å². The van der Waals surface area contributed by atoms with Crippen molar-refractivity contribution < 1.29 is 13.2 Å². The molecule has 0 N–H and O–H groups in total. The van der Waals surface area contributed by atoms with Crippen LogP contribution < -0.4 is 0 Å². The molecule has 2 unspecified atom stereocenters. The first-order valence-corrected chi connectivity index (χ1v) is 8.88. The van der Waals surface area contributed by atoms with Crippen LogP contribution in [0.4, 0.5) is 0 Å². The third-order valence-corrected chi connectivity index (χ3v) is 6.64. The van der Waals surface area contributed by atoms with E-state index < -0.39 is 10.0 Å². The Hall–Kier alpha value is -0.660. The molecule has 1 aromatic carbocycles. The van der Waals surface area contributed by atoms with Gasteiger partial charge < -0.3 is 4.74 Å². The normalized spacial score (nSPS) is 28.3. The van der Waals surface area contributed by atoms with E-state index in [1.807, 2.05) is 7.05 Å². The monoisotopic (exact) mass is 330 g/mol. The third kappa shape index (κ3) is 2.83. The van der Waals surface area contributed by atoms with Crippen LogP contribution >= 0.6 is 11.6 Å². The van der Waals surface area contributed by atoms with Gasteiger partial charge in [-0.05, 0) is 25.6 Å². The first-order chi connectivity index (χ1) is 10.00. The lowest BCUT2D eigenvalue weighted by Gasteiger charge is -2.45. The second-order valence-corrected chi connectivity index (χ2v) is 7.85. The summed E-state index contributed by atoms with van der Waals surface area (Å²) in [5.41, 5.74) is 0. The van der Waals surface area contributed by atoms with Gasteiger partial charge in [-0.25, -0.2) is 8.42 Å². The SMILES string of the molecule is CN1CCOC2CCN(S(=O)(=O)c3ccccc3Cl)CC21. The van der Waals surface area contributed by atoms with E-state index in [9.17, 15) is 8.42 Å². The zero-order valence-electron chi connectivity index (χ0n) is 11.9. The zero-order chi connectivity index (χ0) is 15.0. The smallest absolute Gasteiger partial charge is 0.244 e. The van der Waals surface area contributed by atoms with Crippen LogP contribution in [0.25, 0.3) is 0 Å². The Kier molecular flexibility index (Phi) is 4.25. The van der Waals surface area contributed by atoms with E-state index >= 15 is 0 Å². The Balaban J connectivity index is 1.86. The number of piperidine rings is 1. The van der Waals surface area contributed by atoms with Gasteiger partial charge in [0.1, 0.15) is 4.90 Å². The molecule has 5 nitrogen and oxygen atoms in total. The van der Waals surface area contributed by atoms with Gasteiger partial charge in [0.15, 0.2) is 0 Å². The third-order valence-electron chi connectivity index (χ3n) is 4.28. The van der Waals surface area contributed by atoms with Crippen LogP contribution in [0, 0.1) is 0 Å². The van der Waals surface area contributed by atoms with Gasteiger partial charge in [-0.3, -0.25) is 4.90 Å². The minimum Gasteiger partial charge on any atom is -0.375 e. The van der Waals surface area contributed by atoms with E-state index in [0.717, 1.165) is 19.6 Å². The van der Waals surface area contributed by atoms with E-state index in [-0.39, 0.29) is 22.1 Å². The summed E-state index contributed by atoms with van der Waals surface area (Å²) in [5, 5.41) is 0.271. The molecule has 2 fully saturated rings. The number of sulfonamides is 1. The first-order valence-electron chi connectivity index (χ1n) is 7.06. The topological polar surface area (TPSA) is 49.9 Å². The number of likely N-dealkylation sites (N-methyl/N-ethyl adjacent to an activating group) is 1. The van der Waals surface area contributed by atoms with E-state index in [2.05, 4.69) is 4.90 Å². The Labute approximate surface area is 130 Å². The summed E-state index contributed by atoms with van der Waals surface area (Å²) in [6.07, 6.45) is 0.847. The minimum atomic E-state index is -3.55. The van der Waals surface area contributed by atoms with Crippen LogP contribution in [0.2, 0.25) is 5.02 Å². The van der Waals surface area contributed by atoms with Crippen molar-refractivity contribution in [1.29, 1.82) is 0 Å². The highest BCUT2D eigenvalue weighted by molar-refractivity contribution is 7.89. The molecular formula is C14H19ClN2O3S. The zero-order valence-corrected chi connectivity index (χ0v) is 13.5. The predicted molar refractivity (Wildman–Crippen MR) is 81.0 cm³/mol. The summed E-state index contributed by atoms with van der Waals surface area (Å²) in [6.45, 7) is 2.48. The van der Waals surface area contributed by atoms with Crippen LogP contribution in [0.5, 0.6) is 0 Å². The number of fused-ring (bicyclic) bond motifs is 1. The van der Waals surface area contributed by atoms with Crippen molar-refractivity contribution in [2.24, 2.45) is 0 Å². The maximum absolute atomic E-state index is 12.8.